The number of amides is 1. The third kappa shape index (κ3) is 3.65. The van der Waals surface area contributed by atoms with E-state index in [9.17, 15) is 17.6 Å². The molecule has 0 fully saturated rings. The van der Waals surface area contributed by atoms with Crippen LogP contribution in [0.3, 0.4) is 0 Å². The molecule has 0 atom stereocenters. The highest BCUT2D eigenvalue weighted by Crippen LogP contribution is 2.16. The van der Waals surface area contributed by atoms with Gasteiger partial charge in [-0.25, -0.2) is 17.9 Å². The van der Waals surface area contributed by atoms with Crippen molar-refractivity contribution < 1.29 is 17.6 Å². The molecule has 0 saturated heterocycles. The first-order chi connectivity index (χ1) is 9.77. The average Bonchev–Trinajstić information content (AvgIpc) is 2.41. The second-order valence-corrected chi connectivity index (χ2v) is 6.04. The van der Waals surface area contributed by atoms with Crippen molar-refractivity contribution in [3.63, 3.8) is 0 Å². The first kappa shape index (κ1) is 15.1. The van der Waals surface area contributed by atoms with Gasteiger partial charge in [-0.05, 0) is 48.9 Å². The van der Waals surface area contributed by atoms with Crippen LogP contribution >= 0.6 is 0 Å². The molecule has 2 aromatic rings. The van der Waals surface area contributed by atoms with E-state index >= 15 is 0 Å². The van der Waals surface area contributed by atoms with Crippen molar-refractivity contribution >= 4 is 21.6 Å². The number of nitrogens with two attached hydrogens (primary N) is 1. The zero-order chi connectivity index (χ0) is 15.6. The molecule has 0 aromatic heterocycles. The van der Waals surface area contributed by atoms with E-state index in [0.29, 0.717) is 11.3 Å². The Bertz CT molecular complexity index is 786. The van der Waals surface area contributed by atoms with Gasteiger partial charge in [0.25, 0.3) is 5.91 Å². The van der Waals surface area contributed by atoms with Crippen LogP contribution in [0, 0.1) is 12.7 Å². The third-order valence-corrected chi connectivity index (χ3v) is 3.81. The number of sulfonamides is 1. The van der Waals surface area contributed by atoms with E-state index in [1.165, 1.54) is 36.4 Å². The molecule has 7 heteroatoms. The summed E-state index contributed by atoms with van der Waals surface area (Å²) in [7, 11) is -3.77. The first-order valence-corrected chi connectivity index (χ1v) is 7.52. The number of primary sulfonamides is 1. The molecule has 0 bridgehead atoms. The van der Waals surface area contributed by atoms with Gasteiger partial charge in [-0.15, -0.1) is 0 Å². The van der Waals surface area contributed by atoms with Crippen molar-refractivity contribution in [2.24, 2.45) is 5.14 Å². The number of hydrogen-bond acceptors (Lipinski definition) is 3. The van der Waals surface area contributed by atoms with Crippen LogP contribution in [0.15, 0.2) is 47.4 Å². The highest BCUT2D eigenvalue weighted by atomic mass is 32.2. The molecule has 0 spiro atoms. The minimum Gasteiger partial charge on any atom is -0.322 e. The number of carbonyl (C=O) groups is 1. The van der Waals surface area contributed by atoms with Gasteiger partial charge in [-0.2, -0.15) is 0 Å². The molecular formula is C14H13FN2O3S. The van der Waals surface area contributed by atoms with E-state index in [-0.39, 0.29) is 10.5 Å². The van der Waals surface area contributed by atoms with Crippen LogP contribution in [0.2, 0.25) is 0 Å². The zero-order valence-electron chi connectivity index (χ0n) is 11.1. The van der Waals surface area contributed by atoms with E-state index in [0.717, 1.165) is 6.07 Å². The predicted molar refractivity (Wildman–Crippen MR) is 76.9 cm³/mol. The minimum absolute atomic E-state index is 0.0533. The summed E-state index contributed by atoms with van der Waals surface area (Å²) in [5, 5.41) is 7.54. The summed E-state index contributed by atoms with van der Waals surface area (Å²) < 4.78 is 35.4. The second-order valence-electron chi connectivity index (χ2n) is 4.48. The van der Waals surface area contributed by atoms with E-state index in [1.54, 1.807) is 6.92 Å². The van der Waals surface area contributed by atoms with E-state index in [1.807, 2.05) is 0 Å². The Morgan fingerprint density at radius 2 is 1.76 bits per heavy atom. The summed E-state index contributed by atoms with van der Waals surface area (Å²) in [5.41, 5.74) is 1.23. The largest absolute Gasteiger partial charge is 0.322 e. The summed E-state index contributed by atoms with van der Waals surface area (Å²) >= 11 is 0. The molecule has 1 amide bonds. The van der Waals surface area contributed by atoms with Crippen molar-refractivity contribution in [1.82, 2.24) is 0 Å². The Kier molecular flexibility index (Phi) is 4.06. The van der Waals surface area contributed by atoms with Crippen molar-refractivity contribution in [2.45, 2.75) is 11.8 Å². The summed E-state index contributed by atoms with van der Waals surface area (Å²) in [6.07, 6.45) is 0. The Hall–Kier alpha value is -2.25. The molecule has 0 saturated carbocycles. The number of anilines is 1. The normalized spacial score (nSPS) is 11.2. The quantitative estimate of drug-likeness (QED) is 0.909. The van der Waals surface area contributed by atoms with Crippen LogP contribution in [-0.4, -0.2) is 14.3 Å². The van der Waals surface area contributed by atoms with Crippen LogP contribution in [-0.2, 0) is 10.0 Å². The van der Waals surface area contributed by atoms with E-state index in [2.05, 4.69) is 5.32 Å². The Morgan fingerprint density at radius 1 is 1.14 bits per heavy atom. The van der Waals surface area contributed by atoms with Gasteiger partial charge in [-0.1, -0.05) is 6.07 Å². The maximum Gasteiger partial charge on any atom is 0.256 e. The molecule has 0 aliphatic heterocycles. The van der Waals surface area contributed by atoms with Crippen LogP contribution in [0.25, 0.3) is 0 Å². The zero-order valence-corrected chi connectivity index (χ0v) is 11.9. The number of nitrogens with one attached hydrogen (secondary N) is 1. The first-order valence-electron chi connectivity index (χ1n) is 5.98. The smallest absolute Gasteiger partial charge is 0.256 e. The highest BCUT2D eigenvalue weighted by Gasteiger charge is 2.11. The number of halogens is 1. The maximum atomic E-state index is 13.2. The van der Waals surface area contributed by atoms with Crippen molar-refractivity contribution in [3.8, 4) is 0 Å². The van der Waals surface area contributed by atoms with Gasteiger partial charge in [-0.3, -0.25) is 4.79 Å². The molecule has 0 aliphatic rings. The highest BCUT2D eigenvalue weighted by molar-refractivity contribution is 7.89. The SMILES string of the molecule is Cc1ccc(F)cc1C(=O)Nc1ccc(S(N)(=O)=O)cc1. The van der Waals surface area contributed by atoms with Gasteiger partial charge < -0.3 is 5.32 Å². The van der Waals surface area contributed by atoms with Gasteiger partial charge >= 0.3 is 0 Å². The van der Waals surface area contributed by atoms with Crippen LogP contribution < -0.4 is 10.5 Å². The molecule has 21 heavy (non-hydrogen) atoms. The van der Waals surface area contributed by atoms with Crippen molar-refractivity contribution in [1.29, 1.82) is 0 Å². The van der Waals surface area contributed by atoms with E-state index < -0.39 is 21.7 Å². The molecule has 110 valence electrons. The molecular weight excluding hydrogens is 295 g/mol. The van der Waals surface area contributed by atoms with Crippen molar-refractivity contribution in [3.05, 3.63) is 59.4 Å². The third-order valence-electron chi connectivity index (χ3n) is 2.88. The molecule has 2 rings (SSSR count). The van der Waals surface area contributed by atoms with Gasteiger partial charge in [0.2, 0.25) is 10.0 Å². The monoisotopic (exact) mass is 308 g/mol. The number of rotatable bonds is 3. The fourth-order valence-electron chi connectivity index (χ4n) is 1.77. The summed E-state index contributed by atoms with van der Waals surface area (Å²) in [6, 6.07) is 9.30. The summed E-state index contributed by atoms with van der Waals surface area (Å²) in [6.45, 7) is 1.69. The maximum absolute atomic E-state index is 13.2. The van der Waals surface area contributed by atoms with Crippen LogP contribution in [0.1, 0.15) is 15.9 Å². The van der Waals surface area contributed by atoms with E-state index in [4.69, 9.17) is 5.14 Å². The summed E-state index contributed by atoms with van der Waals surface area (Å²) in [5.74, 6) is -0.981. The predicted octanol–water partition coefficient (Wildman–Crippen LogP) is 2.03. The molecule has 0 unspecified atom stereocenters. The van der Waals surface area contributed by atoms with Gasteiger partial charge in [0.15, 0.2) is 0 Å². The Balaban J connectivity index is 2.22. The topological polar surface area (TPSA) is 89.3 Å². The number of carbonyl (C=O) groups excluding carboxylic acids is 1. The fraction of sp³-hybridized carbons (Fsp3) is 0.0714. The molecule has 2 aromatic carbocycles. The van der Waals surface area contributed by atoms with Gasteiger partial charge in [0.05, 0.1) is 4.90 Å². The molecule has 0 aliphatic carbocycles. The number of hydrogen-bond donors (Lipinski definition) is 2. The summed E-state index contributed by atoms with van der Waals surface area (Å²) in [4.78, 5) is 12.0. The van der Waals surface area contributed by atoms with Crippen molar-refractivity contribution in [2.75, 3.05) is 5.32 Å². The average molecular weight is 308 g/mol. The lowest BCUT2D eigenvalue weighted by molar-refractivity contribution is 0.102. The van der Waals surface area contributed by atoms with Crippen LogP contribution in [0.4, 0.5) is 10.1 Å². The molecule has 5 nitrogen and oxygen atoms in total. The minimum atomic E-state index is -3.77. The van der Waals surface area contributed by atoms with Gasteiger partial charge in [0.1, 0.15) is 5.82 Å². The number of aryl methyl sites for hydroxylation is 1. The lowest BCUT2D eigenvalue weighted by Gasteiger charge is -2.08. The molecule has 3 N–H and O–H groups in total. The Labute approximate surface area is 121 Å². The van der Waals surface area contributed by atoms with Crippen LogP contribution in [0.5, 0.6) is 0 Å². The fourth-order valence-corrected chi connectivity index (χ4v) is 2.28. The molecule has 0 heterocycles. The van der Waals surface area contributed by atoms with Gasteiger partial charge in [0, 0.05) is 11.3 Å². The lowest BCUT2D eigenvalue weighted by Crippen LogP contribution is -2.15. The standard InChI is InChI=1S/C14H13FN2O3S/c1-9-2-3-10(15)8-13(9)14(18)17-11-4-6-12(7-5-11)21(16,19)20/h2-8H,1H3,(H,17,18)(H2,16,19,20). The lowest BCUT2D eigenvalue weighted by atomic mass is 10.1. The number of benzene rings is 2. The second kappa shape index (κ2) is 5.63. The molecule has 0 radical (unpaired) electrons. The Morgan fingerprint density at radius 3 is 2.33 bits per heavy atom.